The number of hydrogen-bond donors (Lipinski definition) is 1. The Balaban J connectivity index is 1.78. The van der Waals surface area contributed by atoms with Gasteiger partial charge in [0.25, 0.3) is 0 Å². The summed E-state index contributed by atoms with van der Waals surface area (Å²) in [4.78, 5) is 0. The lowest BCUT2D eigenvalue weighted by Gasteiger charge is -2.70. The van der Waals surface area contributed by atoms with Crippen LogP contribution in [0.25, 0.3) is 0 Å². The molecule has 0 amide bonds. The van der Waals surface area contributed by atoms with Crippen LogP contribution in [-0.2, 0) is 18.3 Å². The molecule has 29 heavy (non-hydrogen) atoms. The van der Waals surface area contributed by atoms with Crippen molar-refractivity contribution >= 4 is 16.6 Å². The van der Waals surface area contributed by atoms with E-state index in [4.69, 9.17) is 18.3 Å². The first-order valence-electron chi connectivity index (χ1n) is 11.5. The first-order chi connectivity index (χ1) is 13.2. The van der Waals surface area contributed by atoms with Gasteiger partial charge < -0.3 is 23.4 Å². The Kier molecular flexibility index (Phi) is 4.78. The van der Waals surface area contributed by atoms with Crippen molar-refractivity contribution in [2.45, 2.75) is 121 Å². The fourth-order valence-corrected chi connectivity index (χ4v) is 15.0. The predicted octanol–water partition coefficient (Wildman–Crippen LogP) is 5.01. The van der Waals surface area contributed by atoms with E-state index in [1.54, 1.807) is 0 Å². The minimum absolute atomic E-state index is 0.0348. The van der Waals surface area contributed by atoms with Crippen LogP contribution in [0.3, 0.4) is 0 Å². The Morgan fingerprint density at radius 3 is 1.97 bits per heavy atom. The van der Waals surface area contributed by atoms with Crippen molar-refractivity contribution in [3.63, 3.8) is 0 Å². The van der Waals surface area contributed by atoms with E-state index in [1.807, 2.05) is 0 Å². The van der Waals surface area contributed by atoms with Crippen LogP contribution in [0.1, 0.15) is 61.3 Å². The van der Waals surface area contributed by atoms with E-state index in [9.17, 15) is 5.11 Å². The molecule has 0 aromatic heterocycles. The number of ether oxygens (including phenoxy) is 2. The summed E-state index contributed by atoms with van der Waals surface area (Å²) in [6.07, 6.45) is 1.14. The Morgan fingerprint density at radius 2 is 1.52 bits per heavy atom. The summed E-state index contributed by atoms with van der Waals surface area (Å²) < 4.78 is 27.4. The molecule has 0 aromatic rings. The fraction of sp³-hybridized carbons (Fsp3) is 1.00. The average Bonchev–Trinajstić information content (AvgIpc) is 2.74. The van der Waals surface area contributed by atoms with Gasteiger partial charge in [-0.1, -0.05) is 41.5 Å². The second kappa shape index (κ2) is 6.17. The molecule has 3 saturated heterocycles. The van der Waals surface area contributed by atoms with Gasteiger partial charge in [-0.05, 0) is 49.6 Å². The maximum Gasteiger partial charge on any atom is 0.204 e. The van der Waals surface area contributed by atoms with Gasteiger partial charge in [0.1, 0.15) is 5.60 Å². The number of hydrogen-bond acceptors (Lipinski definition) is 5. The summed E-state index contributed by atoms with van der Waals surface area (Å²) in [5, 5.41) is 10.7. The summed E-state index contributed by atoms with van der Waals surface area (Å²) in [7, 11) is -4.00. The van der Waals surface area contributed by atoms with E-state index in [1.165, 1.54) is 0 Å². The molecule has 0 aromatic carbocycles. The molecule has 1 N–H and O–H groups in total. The van der Waals surface area contributed by atoms with Crippen LogP contribution >= 0.6 is 0 Å². The summed E-state index contributed by atoms with van der Waals surface area (Å²) in [6.45, 7) is 22.8. The molecule has 6 atom stereocenters. The number of aliphatic hydroxyl groups excluding tert-OH is 1. The van der Waals surface area contributed by atoms with Crippen molar-refractivity contribution < 1.29 is 23.4 Å². The maximum atomic E-state index is 10.7. The standard InChI is InChI=1S/C22H42O5Si2/c1-14(2)29(15(3)4,16(5)6)26-21-12-19(7)22(27-28(8,9)10)11-17(21)20(22,13-23)18(24-19)25-21/h14-18,23H,11-13H2,1-10H3. The lowest BCUT2D eigenvalue weighted by Crippen LogP contribution is -2.81. The maximum absolute atomic E-state index is 10.7. The lowest BCUT2D eigenvalue weighted by atomic mass is 9.41. The summed E-state index contributed by atoms with van der Waals surface area (Å²) in [6, 6.07) is 0. The molecule has 6 unspecified atom stereocenters. The number of rotatable bonds is 8. The smallest absolute Gasteiger partial charge is 0.204 e. The zero-order valence-electron chi connectivity index (χ0n) is 20.1. The fourth-order valence-electron chi connectivity index (χ4n) is 7.93. The molecular weight excluding hydrogens is 400 g/mol. The monoisotopic (exact) mass is 442 g/mol. The third-order valence-corrected chi connectivity index (χ3v) is 15.8. The topological polar surface area (TPSA) is 57.2 Å². The van der Waals surface area contributed by atoms with Crippen LogP contribution in [0, 0.1) is 11.3 Å². The Morgan fingerprint density at radius 1 is 0.966 bits per heavy atom. The van der Waals surface area contributed by atoms with E-state index in [2.05, 4.69) is 68.1 Å². The SMILES string of the molecule is CC(C)[Si](OC12CC3(C)OC(O1)C1(CO)C2CC31O[Si](C)(C)C)(C(C)C)C(C)C. The average molecular weight is 443 g/mol. The van der Waals surface area contributed by atoms with Crippen molar-refractivity contribution in [1.82, 2.24) is 0 Å². The molecule has 0 radical (unpaired) electrons. The Bertz CT molecular complexity index is 669. The molecule has 3 aliphatic carbocycles. The van der Waals surface area contributed by atoms with E-state index >= 15 is 0 Å². The highest BCUT2D eigenvalue weighted by Crippen LogP contribution is 2.82. The van der Waals surface area contributed by atoms with Gasteiger partial charge in [0.05, 0.1) is 17.6 Å². The third kappa shape index (κ3) is 2.39. The van der Waals surface area contributed by atoms with E-state index in [0.717, 1.165) is 6.42 Å². The molecule has 3 saturated carbocycles. The zero-order valence-corrected chi connectivity index (χ0v) is 22.1. The van der Waals surface area contributed by atoms with Crippen molar-refractivity contribution in [2.24, 2.45) is 11.3 Å². The van der Waals surface area contributed by atoms with Crippen LogP contribution < -0.4 is 0 Å². The van der Waals surface area contributed by atoms with E-state index in [0.29, 0.717) is 23.0 Å². The van der Waals surface area contributed by atoms with Crippen molar-refractivity contribution in [1.29, 1.82) is 0 Å². The van der Waals surface area contributed by atoms with Gasteiger partial charge >= 0.3 is 0 Å². The molecule has 3 aliphatic heterocycles. The molecule has 6 bridgehead atoms. The van der Waals surface area contributed by atoms with E-state index < -0.39 is 45.3 Å². The highest BCUT2D eigenvalue weighted by atomic mass is 28.4. The molecule has 6 rings (SSSR count). The van der Waals surface area contributed by atoms with Crippen molar-refractivity contribution in [3.05, 3.63) is 0 Å². The molecule has 0 spiro atoms. The molecule has 5 nitrogen and oxygen atoms in total. The van der Waals surface area contributed by atoms with Gasteiger partial charge in [0.15, 0.2) is 20.4 Å². The minimum atomic E-state index is -2.15. The first kappa shape index (κ1) is 22.4. The quantitative estimate of drug-likeness (QED) is 0.535. The van der Waals surface area contributed by atoms with Crippen LogP contribution in [0.15, 0.2) is 0 Å². The second-order valence-corrected chi connectivity index (χ2v) is 22.0. The van der Waals surface area contributed by atoms with Gasteiger partial charge in [-0.15, -0.1) is 0 Å². The zero-order chi connectivity index (χ0) is 21.8. The Labute approximate surface area is 179 Å². The summed E-state index contributed by atoms with van der Waals surface area (Å²) in [5.41, 5.74) is 0.0404. The molecule has 6 fully saturated rings. The normalized spacial score (nSPS) is 45.7. The molecule has 6 aliphatic rings. The molecule has 168 valence electrons. The molecule has 7 heteroatoms. The van der Waals surface area contributed by atoms with Crippen LogP contribution in [-0.4, -0.2) is 51.6 Å². The van der Waals surface area contributed by atoms with E-state index in [-0.39, 0.29) is 12.5 Å². The predicted molar refractivity (Wildman–Crippen MR) is 119 cm³/mol. The summed E-state index contributed by atoms with van der Waals surface area (Å²) in [5.74, 6) is -0.504. The largest absolute Gasteiger partial charge is 0.408 e. The van der Waals surface area contributed by atoms with Crippen LogP contribution in [0.2, 0.25) is 36.3 Å². The minimum Gasteiger partial charge on any atom is -0.408 e. The highest BCUT2D eigenvalue weighted by molar-refractivity contribution is 6.77. The third-order valence-electron chi connectivity index (χ3n) is 8.73. The van der Waals surface area contributed by atoms with Crippen LogP contribution in [0.5, 0.6) is 0 Å². The first-order valence-corrected chi connectivity index (χ1v) is 17.1. The number of aliphatic hydroxyl groups is 1. The summed E-state index contributed by atoms with van der Waals surface area (Å²) >= 11 is 0. The second-order valence-electron chi connectivity index (χ2n) is 12.2. The highest BCUT2D eigenvalue weighted by Gasteiger charge is 2.94. The van der Waals surface area contributed by atoms with Crippen molar-refractivity contribution in [3.8, 4) is 0 Å². The van der Waals surface area contributed by atoms with Crippen LogP contribution in [0.4, 0.5) is 0 Å². The van der Waals surface area contributed by atoms with Gasteiger partial charge in [0, 0.05) is 12.3 Å². The molecule has 3 heterocycles. The van der Waals surface area contributed by atoms with Gasteiger partial charge in [-0.3, -0.25) is 0 Å². The van der Waals surface area contributed by atoms with Gasteiger partial charge in [-0.25, -0.2) is 0 Å². The van der Waals surface area contributed by atoms with Gasteiger partial charge in [0.2, 0.25) is 8.32 Å². The Hall–Kier alpha value is 0.234. The molecular formula is C22H42O5Si2. The van der Waals surface area contributed by atoms with Gasteiger partial charge in [-0.2, -0.15) is 0 Å². The lowest BCUT2D eigenvalue weighted by molar-refractivity contribution is -0.375. The van der Waals surface area contributed by atoms with Crippen molar-refractivity contribution in [2.75, 3.05) is 6.61 Å².